The smallest absolute Gasteiger partial charge is 0.312 e. The third kappa shape index (κ3) is 4.77. The quantitative estimate of drug-likeness (QED) is 0.614. The van der Waals surface area contributed by atoms with E-state index >= 15 is 0 Å². The van der Waals surface area contributed by atoms with E-state index in [2.05, 4.69) is 4.74 Å². The average molecular weight is 302 g/mol. The molecule has 0 aromatic rings. The van der Waals surface area contributed by atoms with Crippen molar-refractivity contribution in [2.45, 2.75) is 38.5 Å². The summed E-state index contributed by atoms with van der Waals surface area (Å²) < 4.78 is 103. The Hall–Kier alpha value is -0.600. The minimum absolute atomic E-state index is 0.752. The fourth-order valence-corrected chi connectivity index (χ4v) is 1.07. The molecule has 0 fully saturated rings. The van der Waals surface area contributed by atoms with Crippen LogP contribution in [0.25, 0.3) is 0 Å². The lowest BCUT2D eigenvalue weighted by atomic mass is 10.0. The van der Waals surface area contributed by atoms with Crippen LogP contribution in [-0.4, -0.2) is 37.9 Å². The van der Waals surface area contributed by atoms with Gasteiger partial charge in [0.05, 0.1) is 13.2 Å². The van der Waals surface area contributed by atoms with Gasteiger partial charge in [-0.2, -0.15) is 17.6 Å². The van der Waals surface area contributed by atoms with Gasteiger partial charge in [0.25, 0.3) is 0 Å². The average Bonchev–Trinajstić information content (AvgIpc) is 2.27. The van der Waals surface area contributed by atoms with E-state index in [4.69, 9.17) is 0 Å². The number of ether oxygens (including phenoxy) is 1. The van der Waals surface area contributed by atoms with Crippen molar-refractivity contribution in [2.24, 2.45) is 11.8 Å². The number of hydrogen-bond acceptors (Lipinski definition) is 1. The summed E-state index contributed by atoms with van der Waals surface area (Å²) in [6.07, 6.45) is -7.82. The third-order valence-corrected chi connectivity index (χ3v) is 2.63. The van der Waals surface area contributed by atoms with E-state index < -0.39 is 49.7 Å². The summed E-state index contributed by atoms with van der Waals surface area (Å²) in [7, 11) is 0. The maximum Gasteiger partial charge on any atom is 0.312 e. The molecule has 0 saturated carbocycles. The molecule has 0 bridgehead atoms. The van der Waals surface area contributed by atoms with Gasteiger partial charge in [-0.3, -0.25) is 0 Å². The van der Waals surface area contributed by atoms with E-state index in [0.29, 0.717) is 0 Å². The van der Waals surface area contributed by atoms with Gasteiger partial charge < -0.3 is 4.74 Å². The first-order chi connectivity index (χ1) is 8.44. The maximum atomic E-state index is 12.7. The first-order valence-corrected chi connectivity index (χ1v) is 5.33. The van der Waals surface area contributed by atoms with Gasteiger partial charge in [-0.25, -0.2) is 17.6 Å². The molecule has 2 atom stereocenters. The van der Waals surface area contributed by atoms with Gasteiger partial charge in [0.2, 0.25) is 0 Å². The molecular formula is C10H14F8O. The van der Waals surface area contributed by atoms with Crippen molar-refractivity contribution in [3.63, 3.8) is 0 Å². The summed E-state index contributed by atoms with van der Waals surface area (Å²) in [6, 6.07) is 0. The molecule has 0 aliphatic heterocycles. The molecule has 0 aromatic carbocycles. The Morgan fingerprint density at radius 2 is 1.00 bits per heavy atom. The summed E-state index contributed by atoms with van der Waals surface area (Å²) in [5.74, 6) is -12.5. The number of rotatable bonds is 8. The molecule has 9 heteroatoms. The highest BCUT2D eigenvalue weighted by atomic mass is 19.3. The standard InChI is InChI=1S/C10H14F8O/c1-5(9(15,16)7(11)12)3-19-4-6(2)10(17,18)8(13)14/h5-8H,3-4H2,1-2H3. The molecule has 0 saturated heterocycles. The van der Waals surface area contributed by atoms with Gasteiger partial charge in [0, 0.05) is 11.8 Å². The lowest BCUT2D eigenvalue weighted by Gasteiger charge is -2.25. The van der Waals surface area contributed by atoms with E-state index in [1.54, 1.807) is 0 Å². The third-order valence-electron chi connectivity index (χ3n) is 2.63. The van der Waals surface area contributed by atoms with E-state index in [-0.39, 0.29) is 0 Å². The highest BCUT2D eigenvalue weighted by Crippen LogP contribution is 2.33. The van der Waals surface area contributed by atoms with Gasteiger partial charge in [-0.05, 0) is 0 Å². The van der Waals surface area contributed by atoms with E-state index in [1.807, 2.05) is 0 Å². The number of hydrogen-bond donors (Lipinski definition) is 0. The van der Waals surface area contributed by atoms with Crippen LogP contribution in [0.4, 0.5) is 35.1 Å². The number of alkyl halides is 8. The summed E-state index contributed by atoms with van der Waals surface area (Å²) in [5, 5.41) is 0. The monoisotopic (exact) mass is 302 g/mol. The van der Waals surface area contributed by atoms with Gasteiger partial charge in [-0.1, -0.05) is 13.8 Å². The maximum absolute atomic E-state index is 12.7. The van der Waals surface area contributed by atoms with Crippen LogP contribution in [0.2, 0.25) is 0 Å². The molecule has 116 valence electrons. The Kier molecular flexibility index (Phi) is 6.50. The Labute approximate surface area is 104 Å². The second kappa shape index (κ2) is 6.71. The van der Waals surface area contributed by atoms with Crippen molar-refractivity contribution in [3.8, 4) is 0 Å². The molecule has 0 aliphatic rings. The Balaban J connectivity index is 4.25. The predicted molar refractivity (Wildman–Crippen MR) is 51.0 cm³/mol. The first-order valence-electron chi connectivity index (χ1n) is 5.33. The largest absolute Gasteiger partial charge is 0.380 e. The SMILES string of the molecule is CC(COCC(C)C(F)(F)C(F)F)C(F)(F)C(F)F. The second-order valence-corrected chi connectivity index (χ2v) is 4.29. The van der Waals surface area contributed by atoms with Crippen molar-refractivity contribution in [3.05, 3.63) is 0 Å². The van der Waals surface area contributed by atoms with Crippen LogP contribution in [0.15, 0.2) is 0 Å². The highest BCUT2D eigenvalue weighted by Gasteiger charge is 2.48. The van der Waals surface area contributed by atoms with Crippen LogP contribution in [0.3, 0.4) is 0 Å². The summed E-state index contributed by atoms with van der Waals surface area (Å²) in [6.45, 7) is -0.355. The van der Waals surface area contributed by atoms with Gasteiger partial charge >= 0.3 is 24.7 Å². The van der Waals surface area contributed by atoms with Gasteiger partial charge in [0.15, 0.2) is 0 Å². The molecule has 0 aromatic heterocycles. The Bertz CT molecular complexity index is 242. The van der Waals surface area contributed by atoms with Crippen LogP contribution in [-0.2, 0) is 4.74 Å². The second-order valence-electron chi connectivity index (χ2n) is 4.29. The fraction of sp³-hybridized carbons (Fsp3) is 1.00. The molecule has 0 spiro atoms. The zero-order chi connectivity index (χ0) is 15.4. The minimum Gasteiger partial charge on any atom is -0.380 e. The van der Waals surface area contributed by atoms with Crippen LogP contribution in [0.1, 0.15) is 13.8 Å². The number of halogens is 8. The zero-order valence-electron chi connectivity index (χ0n) is 10.2. The van der Waals surface area contributed by atoms with E-state index in [9.17, 15) is 35.1 Å². The Morgan fingerprint density at radius 1 is 0.737 bits per heavy atom. The first kappa shape index (κ1) is 18.4. The molecule has 0 amide bonds. The fourth-order valence-electron chi connectivity index (χ4n) is 1.07. The van der Waals surface area contributed by atoms with Crippen molar-refractivity contribution >= 4 is 0 Å². The lowest BCUT2D eigenvalue weighted by Crippen LogP contribution is -2.39. The van der Waals surface area contributed by atoms with Gasteiger partial charge in [-0.15, -0.1) is 0 Å². The normalized spacial score (nSPS) is 17.1. The molecule has 0 heterocycles. The van der Waals surface area contributed by atoms with Crippen molar-refractivity contribution in [1.29, 1.82) is 0 Å². The Morgan fingerprint density at radius 3 is 1.21 bits per heavy atom. The molecule has 0 aliphatic carbocycles. The van der Waals surface area contributed by atoms with E-state index in [0.717, 1.165) is 13.8 Å². The molecule has 19 heavy (non-hydrogen) atoms. The summed E-state index contributed by atoms with van der Waals surface area (Å²) >= 11 is 0. The van der Waals surface area contributed by atoms with Gasteiger partial charge in [0.1, 0.15) is 0 Å². The predicted octanol–water partition coefficient (Wildman–Crippen LogP) is 4.08. The summed E-state index contributed by atoms with van der Waals surface area (Å²) in [5.41, 5.74) is 0. The molecule has 0 radical (unpaired) electrons. The molecule has 0 rings (SSSR count). The van der Waals surface area contributed by atoms with Crippen LogP contribution in [0.5, 0.6) is 0 Å². The molecule has 1 nitrogen and oxygen atoms in total. The van der Waals surface area contributed by atoms with Crippen molar-refractivity contribution < 1.29 is 39.9 Å². The topological polar surface area (TPSA) is 9.23 Å². The zero-order valence-corrected chi connectivity index (χ0v) is 10.2. The van der Waals surface area contributed by atoms with Crippen LogP contribution in [0, 0.1) is 11.8 Å². The molecular weight excluding hydrogens is 288 g/mol. The van der Waals surface area contributed by atoms with Crippen molar-refractivity contribution in [1.82, 2.24) is 0 Å². The molecule has 0 N–H and O–H groups in total. The lowest BCUT2D eigenvalue weighted by molar-refractivity contribution is -0.189. The minimum atomic E-state index is -4.32. The molecule has 2 unspecified atom stereocenters. The van der Waals surface area contributed by atoms with E-state index in [1.165, 1.54) is 0 Å². The van der Waals surface area contributed by atoms with Crippen LogP contribution >= 0.6 is 0 Å². The van der Waals surface area contributed by atoms with Crippen LogP contribution < -0.4 is 0 Å². The highest BCUT2D eigenvalue weighted by molar-refractivity contribution is 4.78. The van der Waals surface area contributed by atoms with Crippen molar-refractivity contribution in [2.75, 3.05) is 13.2 Å². The summed E-state index contributed by atoms with van der Waals surface area (Å²) in [4.78, 5) is 0.